The highest BCUT2D eigenvalue weighted by atomic mass is 32.2. The lowest BCUT2D eigenvalue weighted by Crippen LogP contribution is -2.14. The van der Waals surface area contributed by atoms with E-state index < -0.39 is 0 Å². The fourth-order valence-electron chi connectivity index (χ4n) is 2.83. The van der Waals surface area contributed by atoms with Crippen molar-refractivity contribution in [3.63, 3.8) is 0 Å². The maximum atomic E-state index is 12.3. The van der Waals surface area contributed by atoms with Gasteiger partial charge in [-0.15, -0.1) is 11.3 Å². The number of fused-ring (bicyclic) bond motifs is 1. The number of amides is 1. The van der Waals surface area contributed by atoms with Gasteiger partial charge in [-0.05, 0) is 38.1 Å². The summed E-state index contributed by atoms with van der Waals surface area (Å²) in [5.41, 5.74) is 5.64. The SMILES string of the molecule is Cc1ccc(NC(=O)Cc2nc(CSc3nc4ccccc4nc3C)cs2)cc1. The summed E-state index contributed by atoms with van der Waals surface area (Å²) in [7, 11) is 0. The molecule has 0 saturated carbocycles. The number of nitrogens with zero attached hydrogens (tertiary/aromatic N) is 3. The maximum Gasteiger partial charge on any atom is 0.231 e. The summed E-state index contributed by atoms with van der Waals surface area (Å²) in [4.78, 5) is 26.2. The summed E-state index contributed by atoms with van der Waals surface area (Å²) in [5.74, 6) is 0.642. The molecule has 0 aliphatic heterocycles. The molecule has 1 N–H and O–H groups in total. The molecule has 7 heteroatoms. The number of benzene rings is 2. The van der Waals surface area contributed by atoms with Gasteiger partial charge in [0.25, 0.3) is 0 Å². The van der Waals surface area contributed by atoms with E-state index in [0.717, 1.165) is 43.7 Å². The number of hydrogen-bond acceptors (Lipinski definition) is 6. The lowest BCUT2D eigenvalue weighted by atomic mass is 10.2. The van der Waals surface area contributed by atoms with Crippen LogP contribution in [0.3, 0.4) is 0 Å². The Morgan fingerprint density at radius 1 is 1.00 bits per heavy atom. The number of anilines is 1. The van der Waals surface area contributed by atoms with E-state index in [9.17, 15) is 4.79 Å². The van der Waals surface area contributed by atoms with Gasteiger partial charge >= 0.3 is 0 Å². The van der Waals surface area contributed by atoms with Crippen molar-refractivity contribution in [2.24, 2.45) is 0 Å². The van der Waals surface area contributed by atoms with Crippen LogP contribution in [0.1, 0.15) is 22.0 Å². The Morgan fingerprint density at radius 2 is 1.72 bits per heavy atom. The van der Waals surface area contributed by atoms with E-state index in [2.05, 4.69) is 15.3 Å². The molecule has 0 atom stereocenters. The molecule has 0 aliphatic rings. The van der Waals surface area contributed by atoms with Gasteiger partial charge in [-0.25, -0.2) is 15.0 Å². The Balaban J connectivity index is 1.36. The molecule has 0 bridgehead atoms. The lowest BCUT2D eigenvalue weighted by Gasteiger charge is -2.05. The van der Waals surface area contributed by atoms with Crippen molar-refractivity contribution in [1.29, 1.82) is 0 Å². The molecule has 0 aliphatic carbocycles. The Kier molecular flexibility index (Phi) is 5.87. The third kappa shape index (κ3) is 4.99. The summed E-state index contributed by atoms with van der Waals surface area (Å²) in [6.07, 6.45) is 0.276. The fraction of sp³-hybridized carbons (Fsp3) is 0.182. The van der Waals surface area contributed by atoms with Gasteiger partial charge in [0.2, 0.25) is 5.91 Å². The molecule has 0 fully saturated rings. The molecule has 4 rings (SSSR count). The van der Waals surface area contributed by atoms with Crippen LogP contribution in [0.2, 0.25) is 0 Å². The molecule has 1 amide bonds. The van der Waals surface area contributed by atoms with E-state index in [-0.39, 0.29) is 12.3 Å². The highest BCUT2D eigenvalue weighted by Crippen LogP contribution is 2.26. The summed E-state index contributed by atoms with van der Waals surface area (Å²) >= 11 is 3.13. The second kappa shape index (κ2) is 8.71. The van der Waals surface area contributed by atoms with Gasteiger partial charge in [0.1, 0.15) is 10.0 Å². The topological polar surface area (TPSA) is 67.8 Å². The number of nitrogens with one attached hydrogen (secondary N) is 1. The van der Waals surface area contributed by atoms with Crippen LogP contribution < -0.4 is 5.32 Å². The largest absolute Gasteiger partial charge is 0.326 e. The summed E-state index contributed by atoms with van der Waals surface area (Å²) in [6.45, 7) is 4.00. The van der Waals surface area contributed by atoms with Gasteiger partial charge in [0.05, 0.1) is 28.8 Å². The fourth-order valence-corrected chi connectivity index (χ4v) is 4.57. The summed E-state index contributed by atoms with van der Waals surface area (Å²) in [5, 5.41) is 6.64. The first-order chi connectivity index (χ1) is 14.1. The first-order valence-corrected chi connectivity index (χ1v) is 11.1. The number of rotatable bonds is 6. The van der Waals surface area contributed by atoms with E-state index >= 15 is 0 Å². The number of thioether (sulfide) groups is 1. The number of aryl methyl sites for hydroxylation is 2. The highest BCUT2D eigenvalue weighted by Gasteiger charge is 2.11. The molecule has 0 saturated heterocycles. The minimum Gasteiger partial charge on any atom is -0.326 e. The third-order valence-corrected chi connectivity index (χ3v) is 6.30. The number of aromatic nitrogens is 3. The Labute approximate surface area is 177 Å². The van der Waals surface area contributed by atoms with Gasteiger partial charge in [-0.1, -0.05) is 41.6 Å². The minimum atomic E-state index is -0.0568. The van der Waals surface area contributed by atoms with Crippen LogP contribution in [0, 0.1) is 13.8 Å². The zero-order valence-electron chi connectivity index (χ0n) is 16.2. The second-order valence-electron chi connectivity index (χ2n) is 6.72. The van der Waals surface area contributed by atoms with E-state index in [1.54, 1.807) is 11.8 Å². The zero-order chi connectivity index (χ0) is 20.2. The molecule has 2 aromatic carbocycles. The molecular formula is C22H20N4OS2. The van der Waals surface area contributed by atoms with Gasteiger partial charge in [0, 0.05) is 16.8 Å². The van der Waals surface area contributed by atoms with Crippen LogP contribution in [-0.2, 0) is 17.0 Å². The number of para-hydroxylation sites is 2. The van der Waals surface area contributed by atoms with Crippen molar-refractivity contribution in [2.75, 3.05) is 5.32 Å². The zero-order valence-corrected chi connectivity index (χ0v) is 17.8. The lowest BCUT2D eigenvalue weighted by molar-refractivity contribution is -0.115. The summed E-state index contributed by atoms with van der Waals surface area (Å²) in [6, 6.07) is 15.6. The van der Waals surface area contributed by atoms with Crippen LogP contribution >= 0.6 is 23.1 Å². The van der Waals surface area contributed by atoms with Crippen molar-refractivity contribution >= 4 is 45.7 Å². The monoisotopic (exact) mass is 420 g/mol. The molecule has 2 aromatic heterocycles. The second-order valence-corrected chi connectivity index (χ2v) is 8.62. The molecule has 0 radical (unpaired) electrons. The van der Waals surface area contributed by atoms with Crippen LogP contribution in [0.5, 0.6) is 0 Å². The summed E-state index contributed by atoms with van der Waals surface area (Å²) < 4.78 is 0. The van der Waals surface area contributed by atoms with Crippen molar-refractivity contribution < 1.29 is 4.79 Å². The number of carbonyl (C=O) groups excluding carboxylic acids is 1. The van der Waals surface area contributed by atoms with Gasteiger partial charge in [-0.2, -0.15) is 0 Å². The van der Waals surface area contributed by atoms with Crippen LogP contribution in [-0.4, -0.2) is 20.9 Å². The smallest absolute Gasteiger partial charge is 0.231 e. The minimum absolute atomic E-state index is 0.0568. The Bertz CT molecular complexity index is 1160. The van der Waals surface area contributed by atoms with E-state index in [4.69, 9.17) is 4.98 Å². The predicted molar refractivity (Wildman–Crippen MR) is 119 cm³/mol. The van der Waals surface area contributed by atoms with Crippen LogP contribution in [0.25, 0.3) is 11.0 Å². The first-order valence-electron chi connectivity index (χ1n) is 9.23. The molecule has 0 spiro atoms. The Morgan fingerprint density at radius 3 is 2.48 bits per heavy atom. The van der Waals surface area contributed by atoms with Crippen LogP contribution in [0.4, 0.5) is 5.69 Å². The third-order valence-electron chi connectivity index (χ3n) is 4.30. The molecule has 2 heterocycles. The standard InChI is InChI=1S/C22H20N4OS2/c1-14-7-9-16(10-8-14)24-20(27)11-21-25-17(12-28-21)13-29-22-15(2)23-18-5-3-4-6-19(18)26-22/h3-10,12H,11,13H2,1-2H3,(H,24,27). The van der Waals surface area contributed by atoms with Gasteiger partial charge < -0.3 is 5.32 Å². The van der Waals surface area contributed by atoms with Crippen molar-refractivity contribution in [1.82, 2.24) is 15.0 Å². The molecule has 5 nitrogen and oxygen atoms in total. The number of thiazole rings is 1. The van der Waals surface area contributed by atoms with Crippen molar-refractivity contribution in [2.45, 2.75) is 31.0 Å². The number of hydrogen-bond donors (Lipinski definition) is 1. The normalized spacial score (nSPS) is 11.0. The molecule has 29 heavy (non-hydrogen) atoms. The highest BCUT2D eigenvalue weighted by molar-refractivity contribution is 7.98. The van der Waals surface area contributed by atoms with Crippen molar-refractivity contribution in [3.05, 3.63) is 75.9 Å². The average Bonchev–Trinajstić information content (AvgIpc) is 3.15. The van der Waals surface area contributed by atoms with Crippen LogP contribution in [0.15, 0.2) is 58.9 Å². The Hall–Kier alpha value is -2.77. The van der Waals surface area contributed by atoms with Gasteiger partial charge in [0.15, 0.2) is 0 Å². The maximum absolute atomic E-state index is 12.3. The van der Waals surface area contributed by atoms with E-state index in [0.29, 0.717) is 5.75 Å². The first kappa shape index (κ1) is 19.5. The molecular weight excluding hydrogens is 400 g/mol. The quantitative estimate of drug-likeness (QED) is 0.436. The van der Waals surface area contributed by atoms with E-state index in [1.165, 1.54) is 11.3 Å². The van der Waals surface area contributed by atoms with E-state index in [1.807, 2.05) is 67.8 Å². The van der Waals surface area contributed by atoms with Crippen molar-refractivity contribution in [3.8, 4) is 0 Å². The van der Waals surface area contributed by atoms with Gasteiger partial charge in [-0.3, -0.25) is 4.79 Å². The average molecular weight is 421 g/mol. The molecule has 146 valence electrons. The predicted octanol–water partition coefficient (Wildman–Crippen LogP) is 5.18. The molecule has 4 aromatic rings. The molecule has 0 unspecified atom stereocenters. The number of carbonyl (C=O) groups is 1.